The number of nitrogens with one attached hydrogen (secondary N) is 1. The minimum atomic E-state index is -3.78. The summed E-state index contributed by atoms with van der Waals surface area (Å²) in [5.74, 6) is 0.647. The Morgan fingerprint density at radius 2 is 1.78 bits per heavy atom. The van der Waals surface area contributed by atoms with Gasteiger partial charge in [-0.05, 0) is 38.5 Å². The van der Waals surface area contributed by atoms with Crippen LogP contribution in [-0.2, 0) is 16.6 Å². The minimum Gasteiger partial charge on any atom is -0.438 e. The van der Waals surface area contributed by atoms with Crippen LogP contribution < -0.4 is 10.5 Å². The van der Waals surface area contributed by atoms with Crippen LogP contribution in [0.1, 0.15) is 26.3 Å². The molecule has 0 aliphatic heterocycles. The van der Waals surface area contributed by atoms with Crippen molar-refractivity contribution in [1.29, 1.82) is 0 Å². The van der Waals surface area contributed by atoms with Gasteiger partial charge in [0.15, 0.2) is 5.76 Å². The standard InChI is InChI=1S/C17H20N4O4S.ClH/c1-17(2,3)21-26(22,23)14-9-8-13(24-14)16-19-15(20-25-16)12-6-4-11(10-18)5-7-12;/h4-9,21H,10,18H2,1-3H3;1H. The molecule has 1 aromatic carbocycles. The average molecular weight is 413 g/mol. The van der Waals surface area contributed by atoms with Gasteiger partial charge in [0.1, 0.15) is 0 Å². The maximum Gasteiger partial charge on any atom is 0.293 e. The number of benzene rings is 1. The lowest BCUT2D eigenvalue weighted by Gasteiger charge is -2.18. The van der Waals surface area contributed by atoms with E-state index in [1.807, 2.05) is 24.3 Å². The topological polar surface area (TPSA) is 124 Å². The van der Waals surface area contributed by atoms with Crippen molar-refractivity contribution in [3.05, 3.63) is 42.0 Å². The van der Waals surface area contributed by atoms with E-state index in [-0.39, 0.29) is 29.2 Å². The van der Waals surface area contributed by atoms with Crippen LogP contribution in [0.25, 0.3) is 23.0 Å². The molecule has 2 heterocycles. The Bertz CT molecular complexity index is 1000. The van der Waals surface area contributed by atoms with Crippen LogP contribution in [0.5, 0.6) is 0 Å². The van der Waals surface area contributed by atoms with Gasteiger partial charge in [-0.2, -0.15) is 4.98 Å². The zero-order valence-electron chi connectivity index (χ0n) is 15.1. The molecule has 27 heavy (non-hydrogen) atoms. The van der Waals surface area contributed by atoms with E-state index in [1.165, 1.54) is 12.1 Å². The Balaban J connectivity index is 0.00000261. The molecule has 8 nitrogen and oxygen atoms in total. The third kappa shape index (κ3) is 4.95. The van der Waals surface area contributed by atoms with E-state index in [2.05, 4.69) is 14.9 Å². The molecule has 0 aliphatic carbocycles. The van der Waals surface area contributed by atoms with E-state index in [0.717, 1.165) is 11.1 Å². The molecule has 3 aromatic rings. The summed E-state index contributed by atoms with van der Waals surface area (Å²) in [6.45, 7) is 5.68. The minimum absolute atomic E-state index is 0. The molecule has 0 radical (unpaired) electrons. The molecule has 0 aliphatic rings. The summed E-state index contributed by atoms with van der Waals surface area (Å²) in [4.78, 5) is 4.26. The van der Waals surface area contributed by atoms with E-state index >= 15 is 0 Å². The second kappa shape index (κ2) is 7.81. The monoisotopic (exact) mass is 412 g/mol. The van der Waals surface area contributed by atoms with Gasteiger partial charge in [0, 0.05) is 17.6 Å². The molecule has 0 unspecified atom stereocenters. The SMILES string of the molecule is CC(C)(C)NS(=O)(=O)c1ccc(-c2nc(-c3ccc(CN)cc3)no2)o1.Cl. The molecule has 3 N–H and O–H groups in total. The summed E-state index contributed by atoms with van der Waals surface area (Å²) in [6.07, 6.45) is 0. The average Bonchev–Trinajstić information content (AvgIpc) is 3.22. The van der Waals surface area contributed by atoms with Crippen LogP contribution in [0.2, 0.25) is 0 Å². The highest BCUT2D eigenvalue weighted by atomic mass is 35.5. The van der Waals surface area contributed by atoms with Gasteiger partial charge in [-0.1, -0.05) is 29.4 Å². The van der Waals surface area contributed by atoms with Gasteiger partial charge in [-0.3, -0.25) is 0 Å². The highest BCUT2D eigenvalue weighted by Gasteiger charge is 2.26. The summed E-state index contributed by atoms with van der Waals surface area (Å²) in [5.41, 5.74) is 6.70. The first kappa shape index (κ1) is 21.1. The van der Waals surface area contributed by atoms with E-state index in [9.17, 15) is 8.42 Å². The number of hydrogen-bond donors (Lipinski definition) is 2. The normalized spacial score (nSPS) is 12.0. The zero-order valence-corrected chi connectivity index (χ0v) is 16.7. The summed E-state index contributed by atoms with van der Waals surface area (Å²) in [5, 5.41) is 3.69. The molecule has 0 spiro atoms. The molecule has 0 bridgehead atoms. The van der Waals surface area contributed by atoms with Crippen molar-refractivity contribution < 1.29 is 17.4 Å². The van der Waals surface area contributed by atoms with E-state index in [4.69, 9.17) is 14.7 Å². The number of furan rings is 1. The van der Waals surface area contributed by atoms with E-state index in [1.54, 1.807) is 20.8 Å². The van der Waals surface area contributed by atoms with E-state index < -0.39 is 15.6 Å². The third-order valence-corrected chi connectivity index (χ3v) is 5.00. The summed E-state index contributed by atoms with van der Waals surface area (Å²) < 4.78 is 37.7. The first-order chi connectivity index (χ1) is 12.2. The van der Waals surface area contributed by atoms with Crippen molar-refractivity contribution in [2.75, 3.05) is 0 Å². The number of sulfonamides is 1. The second-order valence-electron chi connectivity index (χ2n) is 6.80. The van der Waals surface area contributed by atoms with Gasteiger partial charge >= 0.3 is 0 Å². The van der Waals surface area contributed by atoms with Gasteiger partial charge < -0.3 is 14.7 Å². The Hall–Kier alpha value is -2.20. The molecular formula is C17H21ClN4O4S. The Kier molecular flexibility index (Phi) is 6.10. The fourth-order valence-electron chi connectivity index (χ4n) is 2.26. The predicted octanol–water partition coefficient (Wildman–Crippen LogP) is 2.95. The summed E-state index contributed by atoms with van der Waals surface area (Å²) in [7, 11) is -3.78. The van der Waals surface area contributed by atoms with Crippen LogP contribution in [0.4, 0.5) is 0 Å². The van der Waals surface area contributed by atoms with Gasteiger partial charge in [0.2, 0.25) is 10.9 Å². The van der Waals surface area contributed by atoms with Crippen molar-refractivity contribution in [3.8, 4) is 23.0 Å². The smallest absolute Gasteiger partial charge is 0.293 e. The first-order valence-electron chi connectivity index (χ1n) is 7.95. The predicted molar refractivity (Wildman–Crippen MR) is 103 cm³/mol. The largest absolute Gasteiger partial charge is 0.438 e. The van der Waals surface area contributed by atoms with Gasteiger partial charge in [0.25, 0.3) is 15.9 Å². The molecule has 0 saturated carbocycles. The van der Waals surface area contributed by atoms with Gasteiger partial charge in [-0.15, -0.1) is 12.4 Å². The Morgan fingerprint density at radius 1 is 1.11 bits per heavy atom. The number of aromatic nitrogens is 2. The maximum atomic E-state index is 12.3. The second-order valence-corrected chi connectivity index (χ2v) is 8.41. The van der Waals surface area contributed by atoms with Crippen molar-refractivity contribution in [1.82, 2.24) is 14.9 Å². The maximum absolute atomic E-state index is 12.3. The summed E-state index contributed by atoms with van der Waals surface area (Å²) >= 11 is 0. The number of nitrogens with two attached hydrogens (primary N) is 1. The molecule has 0 fully saturated rings. The van der Waals surface area contributed by atoms with Crippen molar-refractivity contribution in [2.45, 2.75) is 37.9 Å². The van der Waals surface area contributed by atoms with Crippen molar-refractivity contribution in [3.63, 3.8) is 0 Å². The van der Waals surface area contributed by atoms with Crippen LogP contribution in [0, 0.1) is 0 Å². The van der Waals surface area contributed by atoms with Crippen LogP contribution in [-0.4, -0.2) is 24.1 Å². The molecule has 0 atom stereocenters. The molecule has 10 heteroatoms. The molecule has 146 valence electrons. The zero-order chi connectivity index (χ0) is 18.9. The number of hydrogen-bond acceptors (Lipinski definition) is 7. The van der Waals surface area contributed by atoms with Crippen LogP contribution >= 0.6 is 12.4 Å². The number of nitrogens with zero attached hydrogens (tertiary/aromatic N) is 2. The molecular weight excluding hydrogens is 392 g/mol. The quantitative estimate of drug-likeness (QED) is 0.659. The van der Waals surface area contributed by atoms with Gasteiger partial charge in [0.05, 0.1) is 0 Å². The first-order valence-corrected chi connectivity index (χ1v) is 9.43. The van der Waals surface area contributed by atoms with Crippen LogP contribution in [0.3, 0.4) is 0 Å². The Labute approximate surface area is 163 Å². The highest BCUT2D eigenvalue weighted by Crippen LogP contribution is 2.26. The summed E-state index contributed by atoms with van der Waals surface area (Å²) in [6, 6.07) is 10.3. The van der Waals surface area contributed by atoms with Crippen molar-refractivity contribution in [2.24, 2.45) is 5.73 Å². The van der Waals surface area contributed by atoms with Crippen LogP contribution in [0.15, 0.2) is 50.4 Å². The Morgan fingerprint density at radius 3 is 2.37 bits per heavy atom. The van der Waals surface area contributed by atoms with E-state index in [0.29, 0.717) is 12.4 Å². The van der Waals surface area contributed by atoms with Gasteiger partial charge in [-0.25, -0.2) is 13.1 Å². The fourth-order valence-corrected chi connectivity index (χ4v) is 3.62. The molecule has 0 amide bonds. The van der Waals surface area contributed by atoms with Crippen molar-refractivity contribution >= 4 is 22.4 Å². The highest BCUT2D eigenvalue weighted by molar-refractivity contribution is 7.89. The lowest BCUT2D eigenvalue weighted by Crippen LogP contribution is -2.40. The fraction of sp³-hybridized carbons (Fsp3) is 0.294. The lowest BCUT2D eigenvalue weighted by molar-refractivity contribution is 0.395. The molecule has 2 aromatic heterocycles. The molecule has 3 rings (SSSR count). The number of halogens is 1. The molecule has 0 saturated heterocycles. The third-order valence-electron chi connectivity index (χ3n) is 3.37. The number of rotatable bonds is 5. The lowest BCUT2D eigenvalue weighted by atomic mass is 10.1.